The van der Waals surface area contributed by atoms with Crippen LogP contribution in [0.4, 0.5) is 0 Å². The van der Waals surface area contributed by atoms with E-state index >= 15 is 0 Å². The fourth-order valence-electron chi connectivity index (χ4n) is 3.38. The van der Waals surface area contributed by atoms with Crippen molar-refractivity contribution in [2.24, 2.45) is 0 Å². The molecule has 26 heavy (non-hydrogen) atoms. The lowest BCUT2D eigenvalue weighted by molar-refractivity contribution is -0.0169. The van der Waals surface area contributed by atoms with Gasteiger partial charge < -0.3 is 10.1 Å². The summed E-state index contributed by atoms with van der Waals surface area (Å²) in [5, 5.41) is 8.34. The topological polar surface area (TPSA) is 72.3 Å². The molecule has 3 rings (SSSR count). The first kappa shape index (κ1) is 18.8. The Labute approximate surface area is 154 Å². The average Bonchev–Trinajstić information content (AvgIpc) is 3.10. The fourth-order valence-corrected chi connectivity index (χ4v) is 3.38. The highest BCUT2D eigenvalue weighted by atomic mass is 16.5. The van der Waals surface area contributed by atoms with Crippen LogP contribution in [0.1, 0.15) is 50.5 Å². The second-order valence-corrected chi connectivity index (χ2v) is 7.45. The number of nitrogens with zero attached hydrogens (tertiary/aromatic N) is 4. The molecule has 3 heterocycles. The maximum absolute atomic E-state index is 12.7. The number of nitrogens with one attached hydrogen (secondary N) is 1. The van der Waals surface area contributed by atoms with Gasteiger partial charge in [-0.05, 0) is 33.3 Å². The molecule has 0 bridgehead atoms. The van der Waals surface area contributed by atoms with E-state index < -0.39 is 0 Å². The van der Waals surface area contributed by atoms with E-state index in [1.165, 1.54) is 0 Å². The monoisotopic (exact) mass is 359 g/mol. The summed E-state index contributed by atoms with van der Waals surface area (Å²) in [6.45, 7) is 12.4. The highest BCUT2D eigenvalue weighted by molar-refractivity contribution is 5.96. The molecule has 1 saturated heterocycles. The lowest BCUT2D eigenvalue weighted by atomic mass is 9.95. The third-order valence-electron chi connectivity index (χ3n) is 5.35. The number of hydrogen-bond acceptors (Lipinski definition) is 5. The Hall–Kier alpha value is -1.99. The predicted octanol–water partition coefficient (Wildman–Crippen LogP) is 2.24. The van der Waals surface area contributed by atoms with E-state index in [1.54, 1.807) is 12.4 Å². The summed E-state index contributed by atoms with van der Waals surface area (Å²) >= 11 is 0. The molecule has 0 spiro atoms. The van der Waals surface area contributed by atoms with Crippen molar-refractivity contribution in [2.75, 3.05) is 32.8 Å². The number of ether oxygens (including phenoxy) is 1. The molecular weight excluding hydrogens is 330 g/mol. The Balaban J connectivity index is 1.70. The van der Waals surface area contributed by atoms with E-state index in [1.807, 2.05) is 10.7 Å². The summed E-state index contributed by atoms with van der Waals surface area (Å²) in [6.07, 6.45) is 4.37. The smallest absolute Gasteiger partial charge is 0.252 e. The molecule has 1 aliphatic rings. The minimum absolute atomic E-state index is 0.0699. The van der Waals surface area contributed by atoms with E-state index in [0.29, 0.717) is 12.1 Å². The second-order valence-electron chi connectivity index (χ2n) is 7.45. The molecular formula is C19H29N5O2. The van der Waals surface area contributed by atoms with Crippen molar-refractivity contribution in [2.45, 2.75) is 45.7 Å². The summed E-state index contributed by atoms with van der Waals surface area (Å²) in [6, 6.07) is 2.10. The Bertz CT molecular complexity index is 766. The minimum atomic E-state index is -0.0929. The predicted molar refractivity (Wildman–Crippen MR) is 101 cm³/mol. The van der Waals surface area contributed by atoms with Gasteiger partial charge in [-0.1, -0.05) is 6.92 Å². The van der Waals surface area contributed by atoms with E-state index in [9.17, 15) is 4.79 Å². The fraction of sp³-hybridized carbons (Fsp3) is 0.632. The lowest BCUT2D eigenvalue weighted by Crippen LogP contribution is -2.56. The van der Waals surface area contributed by atoms with Gasteiger partial charge in [-0.25, -0.2) is 9.67 Å². The van der Waals surface area contributed by atoms with Crippen molar-refractivity contribution in [3.8, 4) is 0 Å². The third kappa shape index (κ3) is 3.73. The number of carbonyl (C=O) groups excluding carboxylic acids is 1. The SMILES string of the molecule is CCC(C)(CNC(=O)c1cnc2c(cnn2C(C)C)c1)N1CCOCC1. The van der Waals surface area contributed by atoms with Gasteiger partial charge in [0.25, 0.3) is 5.91 Å². The van der Waals surface area contributed by atoms with Crippen LogP contribution in [0.2, 0.25) is 0 Å². The van der Waals surface area contributed by atoms with E-state index in [0.717, 1.165) is 43.8 Å². The Morgan fingerprint density at radius 3 is 2.73 bits per heavy atom. The van der Waals surface area contributed by atoms with Crippen LogP contribution in [0.15, 0.2) is 18.5 Å². The first-order valence-corrected chi connectivity index (χ1v) is 9.39. The van der Waals surface area contributed by atoms with Crippen LogP contribution in [0.5, 0.6) is 0 Å². The number of hydrogen-bond donors (Lipinski definition) is 1. The first-order valence-electron chi connectivity index (χ1n) is 9.39. The Morgan fingerprint density at radius 1 is 1.35 bits per heavy atom. The van der Waals surface area contributed by atoms with Gasteiger partial charge in [0.15, 0.2) is 5.65 Å². The van der Waals surface area contributed by atoms with Gasteiger partial charge in [-0.2, -0.15) is 5.10 Å². The minimum Gasteiger partial charge on any atom is -0.379 e. The van der Waals surface area contributed by atoms with Gasteiger partial charge in [0.05, 0.1) is 25.0 Å². The zero-order chi connectivity index (χ0) is 18.7. The third-order valence-corrected chi connectivity index (χ3v) is 5.35. The van der Waals surface area contributed by atoms with Crippen molar-refractivity contribution in [1.29, 1.82) is 0 Å². The summed E-state index contributed by atoms with van der Waals surface area (Å²) in [5.41, 5.74) is 1.31. The van der Waals surface area contributed by atoms with Gasteiger partial charge in [-0.15, -0.1) is 0 Å². The lowest BCUT2D eigenvalue weighted by Gasteiger charge is -2.43. The summed E-state index contributed by atoms with van der Waals surface area (Å²) in [5.74, 6) is -0.0929. The van der Waals surface area contributed by atoms with Gasteiger partial charge in [0, 0.05) is 42.8 Å². The van der Waals surface area contributed by atoms with Crippen LogP contribution in [-0.2, 0) is 4.74 Å². The average molecular weight is 359 g/mol. The van der Waals surface area contributed by atoms with Crippen LogP contribution in [0.3, 0.4) is 0 Å². The van der Waals surface area contributed by atoms with Crippen molar-refractivity contribution >= 4 is 16.9 Å². The number of pyridine rings is 1. The number of aromatic nitrogens is 3. The van der Waals surface area contributed by atoms with Gasteiger partial charge in [-0.3, -0.25) is 9.69 Å². The van der Waals surface area contributed by atoms with Crippen molar-refractivity contribution in [1.82, 2.24) is 25.0 Å². The molecule has 1 fully saturated rings. The summed E-state index contributed by atoms with van der Waals surface area (Å²) in [4.78, 5) is 19.5. The number of rotatable bonds is 6. The quantitative estimate of drug-likeness (QED) is 0.856. The summed E-state index contributed by atoms with van der Waals surface area (Å²) in [7, 11) is 0. The van der Waals surface area contributed by atoms with E-state index in [-0.39, 0.29) is 17.5 Å². The molecule has 1 amide bonds. The molecule has 0 saturated carbocycles. The van der Waals surface area contributed by atoms with Crippen molar-refractivity contribution in [3.63, 3.8) is 0 Å². The van der Waals surface area contributed by atoms with Crippen LogP contribution in [0, 0.1) is 0 Å². The molecule has 1 N–H and O–H groups in total. The highest BCUT2D eigenvalue weighted by Crippen LogP contribution is 2.21. The standard InChI is InChI=1S/C19H29N5O2/c1-5-19(4,23-6-8-26-9-7-23)13-21-18(25)16-10-15-12-22-24(14(2)3)17(15)20-11-16/h10-12,14H,5-9,13H2,1-4H3,(H,21,25). The molecule has 2 aromatic rings. The van der Waals surface area contributed by atoms with E-state index in [2.05, 4.69) is 48.0 Å². The molecule has 2 aromatic heterocycles. The van der Waals surface area contributed by atoms with Gasteiger partial charge >= 0.3 is 0 Å². The maximum atomic E-state index is 12.7. The van der Waals surface area contributed by atoms with Gasteiger partial charge in [0.2, 0.25) is 0 Å². The molecule has 0 aromatic carbocycles. The molecule has 142 valence electrons. The Kier molecular flexibility index (Phi) is 5.58. The van der Waals surface area contributed by atoms with E-state index in [4.69, 9.17) is 4.74 Å². The normalized spacial score (nSPS) is 18.2. The first-order chi connectivity index (χ1) is 12.4. The maximum Gasteiger partial charge on any atom is 0.252 e. The highest BCUT2D eigenvalue weighted by Gasteiger charge is 2.31. The number of fused-ring (bicyclic) bond motifs is 1. The zero-order valence-electron chi connectivity index (χ0n) is 16.2. The Morgan fingerprint density at radius 2 is 2.08 bits per heavy atom. The molecule has 1 atom stereocenters. The molecule has 1 unspecified atom stereocenters. The van der Waals surface area contributed by atoms with Crippen LogP contribution in [0.25, 0.3) is 11.0 Å². The zero-order valence-corrected chi connectivity index (χ0v) is 16.2. The van der Waals surface area contributed by atoms with Crippen LogP contribution < -0.4 is 5.32 Å². The van der Waals surface area contributed by atoms with Gasteiger partial charge in [0.1, 0.15) is 0 Å². The van der Waals surface area contributed by atoms with Crippen LogP contribution >= 0.6 is 0 Å². The molecule has 7 heteroatoms. The van der Waals surface area contributed by atoms with Crippen LogP contribution in [-0.4, -0.2) is 64.0 Å². The van der Waals surface area contributed by atoms with Crippen molar-refractivity contribution in [3.05, 3.63) is 24.0 Å². The summed E-state index contributed by atoms with van der Waals surface area (Å²) < 4.78 is 7.31. The molecule has 0 radical (unpaired) electrons. The molecule has 0 aliphatic carbocycles. The molecule has 7 nitrogen and oxygen atoms in total. The molecule has 1 aliphatic heterocycles. The van der Waals surface area contributed by atoms with Crippen molar-refractivity contribution < 1.29 is 9.53 Å². The second kappa shape index (κ2) is 7.72. The number of morpholine rings is 1. The largest absolute Gasteiger partial charge is 0.379 e. The number of amides is 1. The number of carbonyl (C=O) groups is 1.